The molecule has 1 heterocycles. The number of ether oxygens (including phenoxy) is 2. The van der Waals surface area contributed by atoms with Crippen LogP contribution in [0.5, 0.6) is 5.75 Å². The molecule has 2 aromatic carbocycles. The quantitative estimate of drug-likeness (QED) is 0.400. The van der Waals surface area contributed by atoms with E-state index in [1.807, 2.05) is 26.0 Å². The molecule has 1 N–H and O–H groups in total. The van der Waals surface area contributed by atoms with Gasteiger partial charge < -0.3 is 14.8 Å². The lowest BCUT2D eigenvalue weighted by Crippen LogP contribution is -2.30. The Bertz CT molecular complexity index is 1210. The SMILES string of the molecule is CCOC(=O)C(C)c1nc(Nc2ccc(OC(C)C)c(Cl)c2)n(Cc2ccc(Cl)cc2)c(=O)n1. The highest BCUT2D eigenvalue weighted by Crippen LogP contribution is 2.30. The zero-order chi connectivity index (χ0) is 24.8. The third-order valence-electron chi connectivity index (χ3n) is 4.75. The summed E-state index contributed by atoms with van der Waals surface area (Å²) in [4.78, 5) is 33.8. The van der Waals surface area contributed by atoms with Gasteiger partial charge >= 0.3 is 11.7 Å². The molecule has 34 heavy (non-hydrogen) atoms. The Kier molecular flexibility index (Phi) is 8.52. The Labute approximate surface area is 207 Å². The Hall–Kier alpha value is -3.10. The Balaban J connectivity index is 2.02. The molecule has 0 aliphatic carbocycles. The van der Waals surface area contributed by atoms with E-state index in [4.69, 9.17) is 32.7 Å². The van der Waals surface area contributed by atoms with Gasteiger partial charge in [-0.1, -0.05) is 35.3 Å². The van der Waals surface area contributed by atoms with E-state index in [0.29, 0.717) is 21.5 Å². The van der Waals surface area contributed by atoms with Crippen molar-refractivity contribution in [3.63, 3.8) is 0 Å². The van der Waals surface area contributed by atoms with Crippen LogP contribution in [0, 0.1) is 0 Å². The van der Waals surface area contributed by atoms with Gasteiger partial charge in [0.25, 0.3) is 0 Å². The lowest BCUT2D eigenvalue weighted by Gasteiger charge is -2.17. The molecule has 1 unspecified atom stereocenters. The van der Waals surface area contributed by atoms with Crippen LogP contribution in [-0.4, -0.2) is 33.2 Å². The Morgan fingerprint density at radius 1 is 1.09 bits per heavy atom. The number of hydrogen-bond donors (Lipinski definition) is 1. The van der Waals surface area contributed by atoms with E-state index in [-0.39, 0.29) is 31.0 Å². The van der Waals surface area contributed by atoms with Crippen LogP contribution in [0.25, 0.3) is 0 Å². The number of aromatic nitrogens is 3. The highest BCUT2D eigenvalue weighted by Gasteiger charge is 2.23. The predicted octanol–water partition coefficient (Wildman–Crippen LogP) is 5.19. The minimum Gasteiger partial charge on any atom is -0.489 e. The number of carbonyl (C=O) groups excluding carboxylic acids is 1. The first-order chi connectivity index (χ1) is 16.2. The van der Waals surface area contributed by atoms with Gasteiger partial charge in [0.05, 0.1) is 24.3 Å². The number of benzene rings is 2. The number of anilines is 2. The number of nitrogens with zero attached hydrogens (tertiary/aromatic N) is 3. The van der Waals surface area contributed by atoms with Gasteiger partial charge in [-0.25, -0.2) is 4.79 Å². The highest BCUT2D eigenvalue weighted by molar-refractivity contribution is 6.32. The van der Waals surface area contributed by atoms with Crippen molar-refractivity contribution in [2.75, 3.05) is 11.9 Å². The van der Waals surface area contributed by atoms with Crippen LogP contribution in [0.1, 0.15) is 45.0 Å². The molecular formula is C24H26Cl2N4O4. The minimum absolute atomic E-state index is 0.0327. The van der Waals surface area contributed by atoms with Crippen molar-refractivity contribution >= 4 is 40.8 Å². The van der Waals surface area contributed by atoms with Crippen molar-refractivity contribution in [3.8, 4) is 5.75 Å². The van der Waals surface area contributed by atoms with Crippen LogP contribution in [0.15, 0.2) is 47.3 Å². The predicted molar refractivity (Wildman–Crippen MR) is 132 cm³/mol. The summed E-state index contributed by atoms with van der Waals surface area (Å²) < 4.78 is 12.1. The van der Waals surface area contributed by atoms with E-state index in [1.54, 1.807) is 44.2 Å². The molecule has 0 saturated carbocycles. The maximum atomic E-state index is 13.0. The molecule has 180 valence electrons. The first-order valence-corrected chi connectivity index (χ1v) is 11.6. The number of carbonyl (C=O) groups is 1. The average Bonchev–Trinajstić information content (AvgIpc) is 2.78. The fourth-order valence-corrected chi connectivity index (χ4v) is 3.43. The van der Waals surface area contributed by atoms with Gasteiger partial charge in [-0.15, -0.1) is 0 Å². The second kappa shape index (κ2) is 11.4. The van der Waals surface area contributed by atoms with Gasteiger partial charge in [0.15, 0.2) is 5.82 Å². The molecule has 1 atom stereocenters. The van der Waals surface area contributed by atoms with E-state index >= 15 is 0 Å². The summed E-state index contributed by atoms with van der Waals surface area (Å²) in [5.41, 5.74) is 0.839. The molecule has 0 fully saturated rings. The van der Waals surface area contributed by atoms with Gasteiger partial charge in [0.2, 0.25) is 5.95 Å². The lowest BCUT2D eigenvalue weighted by molar-refractivity contribution is -0.144. The molecule has 3 rings (SSSR count). The zero-order valence-electron chi connectivity index (χ0n) is 19.3. The largest absolute Gasteiger partial charge is 0.489 e. The fraction of sp³-hybridized carbons (Fsp3) is 0.333. The van der Waals surface area contributed by atoms with Crippen LogP contribution in [0.2, 0.25) is 10.0 Å². The van der Waals surface area contributed by atoms with Crippen LogP contribution >= 0.6 is 23.2 Å². The van der Waals surface area contributed by atoms with Gasteiger partial charge in [0, 0.05) is 10.7 Å². The maximum absolute atomic E-state index is 13.0. The van der Waals surface area contributed by atoms with Crippen molar-refractivity contribution in [2.24, 2.45) is 0 Å². The van der Waals surface area contributed by atoms with Crippen molar-refractivity contribution in [3.05, 3.63) is 74.4 Å². The smallest absolute Gasteiger partial charge is 0.352 e. The topological polar surface area (TPSA) is 95.3 Å². The lowest BCUT2D eigenvalue weighted by atomic mass is 10.2. The summed E-state index contributed by atoms with van der Waals surface area (Å²) in [5, 5.41) is 4.11. The van der Waals surface area contributed by atoms with E-state index in [0.717, 1.165) is 5.56 Å². The summed E-state index contributed by atoms with van der Waals surface area (Å²) in [6, 6.07) is 12.3. The number of hydrogen-bond acceptors (Lipinski definition) is 7. The maximum Gasteiger partial charge on any atom is 0.352 e. The number of rotatable bonds is 9. The van der Waals surface area contributed by atoms with Crippen LogP contribution in [0.3, 0.4) is 0 Å². The van der Waals surface area contributed by atoms with Crippen molar-refractivity contribution in [1.82, 2.24) is 14.5 Å². The third kappa shape index (κ3) is 6.48. The minimum atomic E-state index is -0.816. The summed E-state index contributed by atoms with van der Waals surface area (Å²) in [7, 11) is 0. The Morgan fingerprint density at radius 2 is 1.79 bits per heavy atom. The van der Waals surface area contributed by atoms with Crippen molar-refractivity contribution < 1.29 is 14.3 Å². The van der Waals surface area contributed by atoms with Crippen molar-refractivity contribution in [2.45, 2.75) is 46.3 Å². The van der Waals surface area contributed by atoms with Crippen LogP contribution < -0.4 is 15.7 Å². The standard InChI is InChI=1S/C24H26Cl2N4O4/c1-5-33-22(31)15(4)21-28-23(27-18-10-11-20(19(26)12-18)34-14(2)3)30(24(32)29-21)13-16-6-8-17(25)9-7-16/h6-12,14-15H,5,13H2,1-4H3,(H,27,28,29,32). The first kappa shape index (κ1) is 25.5. The van der Waals surface area contributed by atoms with E-state index in [1.165, 1.54) is 4.57 Å². The van der Waals surface area contributed by atoms with Crippen LogP contribution in [0.4, 0.5) is 11.6 Å². The molecule has 3 aromatic rings. The first-order valence-electron chi connectivity index (χ1n) is 10.8. The molecule has 1 aromatic heterocycles. The third-order valence-corrected chi connectivity index (χ3v) is 5.30. The summed E-state index contributed by atoms with van der Waals surface area (Å²) in [6.07, 6.45) is -0.0327. The van der Waals surface area contributed by atoms with Gasteiger partial charge in [0.1, 0.15) is 11.7 Å². The van der Waals surface area contributed by atoms with E-state index in [9.17, 15) is 9.59 Å². The average molecular weight is 505 g/mol. The molecular weight excluding hydrogens is 479 g/mol. The van der Waals surface area contributed by atoms with Gasteiger partial charge in [-0.2, -0.15) is 9.97 Å². The molecule has 0 bridgehead atoms. The summed E-state index contributed by atoms with van der Waals surface area (Å²) >= 11 is 12.4. The van der Waals surface area contributed by atoms with Gasteiger partial charge in [-0.3, -0.25) is 9.36 Å². The monoisotopic (exact) mass is 504 g/mol. The molecule has 8 nitrogen and oxygen atoms in total. The van der Waals surface area contributed by atoms with Gasteiger partial charge in [-0.05, 0) is 63.6 Å². The summed E-state index contributed by atoms with van der Waals surface area (Å²) in [6.45, 7) is 7.52. The highest BCUT2D eigenvalue weighted by atomic mass is 35.5. The molecule has 0 amide bonds. The molecule has 0 spiro atoms. The second-order valence-electron chi connectivity index (χ2n) is 7.81. The zero-order valence-corrected chi connectivity index (χ0v) is 20.9. The van der Waals surface area contributed by atoms with Crippen LogP contribution in [-0.2, 0) is 16.1 Å². The Morgan fingerprint density at radius 3 is 2.41 bits per heavy atom. The van der Waals surface area contributed by atoms with Crippen molar-refractivity contribution in [1.29, 1.82) is 0 Å². The fourth-order valence-electron chi connectivity index (χ4n) is 3.08. The number of esters is 1. The second-order valence-corrected chi connectivity index (χ2v) is 8.65. The van der Waals surface area contributed by atoms with E-state index < -0.39 is 17.6 Å². The molecule has 0 saturated heterocycles. The molecule has 0 radical (unpaired) electrons. The molecule has 10 heteroatoms. The number of halogens is 2. The molecule has 0 aliphatic heterocycles. The summed E-state index contributed by atoms with van der Waals surface area (Å²) in [5.74, 6) is -0.524. The normalized spacial score (nSPS) is 11.9. The molecule has 0 aliphatic rings. The number of nitrogens with one attached hydrogen (secondary N) is 1. The van der Waals surface area contributed by atoms with E-state index in [2.05, 4.69) is 15.3 Å².